The molecule has 0 aliphatic carbocycles. The van der Waals surface area contributed by atoms with Crippen LogP contribution in [0.1, 0.15) is 52.9 Å². The molecule has 0 saturated heterocycles. The molecule has 1 unspecified atom stereocenters. The van der Waals surface area contributed by atoms with E-state index in [1.807, 2.05) is 0 Å². The summed E-state index contributed by atoms with van der Waals surface area (Å²) in [6.07, 6.45) is 4.94. The molecular weight excluding hydrogens is 176 g/mol. The predicted molar refractivity (Wildman–Crippen MR) is 60.4 cm³/mol. The highest BCUT2D eigenvalue weighted by Gasteiger charge is 2.04. The van der Waals surface area contributed by atoms with Gasteiger partial charge in [-0.1, -0.05) is 27.2 Å². The van der Waals surface area contributed by atoms with Crippen LogP contribution in [0, 0.1) is 5.92 Å². The molecule has 0 aromatic carbocycles. The molecular formula is C12H26O2. The van der Waals surface area contributed by atoms with E-state index in [2.05, 4.69) is 20.8 Å². The molecule has 2 nitrogen and oxygen atoms in total. The second-order valence-electron chi connectivity index (χ2n) is 4.38. The minimum absolute atomic E-state index is 0.168. The summed E-state index contributed by atoms with van der Waals surface area (Å²) in [5.74, 6) is 0.686. The summed E-state index contributed by atoms with van der Waals surface area (Å²) in [6.45, 7) is 8.07. The predicted octanol–water partition coefficient (Wildman–Crippen LogP) is 2.99. The van der Waals surface area contributed by atoms with Gasteiger partial charge in [-0.05, 0) is 31.6 Å². The number of unbranched alkanes of at least 4 members (excludes halogenated alkanes) is 1. The number of ether oxygens (including phenoxy) is 1. The smallest absolute Gasteiger partial charge is 0.0562 e. The van der Waals surface area contributed by atoms with Gasteiger partial charge in [0, 0.05) is 13.2 Å². The summed E-state index contributed by atoms with van der Waals surface area (Å²) in [5, 5.41) is 9.57. The molecule has 0 fully saturated rings. The van der Waals surface area contributed by atoms with Crippen LogP contribution in [0.25, 0.3) is 0 Å². The molecule has 1 atom stereocenters. The van der Waals surface area contributed by atoms with E-state index >= 15 is 0 Å². The first-order valence-electron chi connectivity index (χ1n) is 5.92. The van der Waals surface area contributed by atoms with Crippen molar-refractivity contribution in [2.24, 2.45) is 5.92 Å². The number of aliphatic hydroxyl groups is 1. The zero-order valence-corrected chi connectivity index (χ0v) is 9.96. The first kappa shape index (κ1) is 13.9. The van der Waals surface area contributed by atoms with Gasteiger partial charge in [-0.15, -0.1) is 0 Å². The lowest BCUT2D eigenvalue weighted by Crippen LogP contribution is -2.11. The Morgan fingerprint density at radius 2 is 1.79 bits per heavy atom. The second-order valence-corrected chi connectivity index (χ2v) is 4.38. The molecule has 0 amide bonds. The molecule has 0 radical (unpaired) electrons. The molecule has 0 aromatic rings. The van der Waals surface area contributed by atoms with Crippen molar-refractivity contribution in [3.8, 4) is 0 Å². The van der Waals surface area contributed by atoms with Gasteiger partial charge in [0.1, 0.15) is 0 Å². The number of rotatable bonds is 9. The number of hydrogen-bond acceptors (Lipinski definition) is 2. The van der Waals surface area contributed by atoms with Gasteiger partial charge in [0.05, 0.1) is 6.10 Å². The van der Waals surface area contributed by atoms with Crippen LogP contribution < -0.4 is 0 Å². The number of hydrogen-bond donors (Lipinski definition) is 1. The van der Waals surface area contributed by atoms with Gasteiger partial charge in [0.15, 0.2) is 0 Å². The third kappa shape index (κ3) is 10.0. The lowest BCUT2D eigenvalue weighted by molar-refractivity contribution is 0.0743. The molecule has 0 aliphatic heterocycles. The fourth-order valence-corrected chi connectivity index (χ4v) is 1.24. The van der Waals surface area contributed by atoms with Crippen LogP contribution in [-0.4, -0.2) is 24.4 Å². The van der Waals surface area contributed by atoms with Crippen LogP contribution in [0.4, 0.5) is 0 Å². The van der Waals surface area contributed by atoms with Crippen molar-refractivity contribution in [1.82, 2.24) is 0 Å². The molecule has 86 valence electrons. The number of aliphatic hydroxyl groups excluding tert-OH is 1. The molecule has 0 saturated carbocycles. The van der Waals surface area contributed by atoms with Crippen LogP contribution in [0.15, 0.2) is 0 Å². The van der Waals surface area contributed by atoms with E-state index in [1.165, 1.54) is 6.42 Å². The van der Waals surface area contributed by atoms with Crippen molar-refractivity contribution in [2.75, 3.05) is 13.2 Å². The van der Waals surface area contributed by atoms with Crippen molar-refractivity contribution in [2.45, 2.75) is 59.0 Å². The van der Waals surface area contributed by atoms with Gasteiger partial charge in [-0.2, -0.15) is 0 Å². The first-order chi connectivity index (χ1) is 6.66. The van der Waals surface area contributed by atoms with Gasteiger partial charge >= 0.3 is 0 Å². The molecule has 0 rings (SSSR count). The van der Waals surface area contributed by atoms with Crippen LogP contribution in [-0.2, 0) is 4.74 Å². The van der Waals surface area contributed by atoms with Crippen molar-refractivity contribution >= 4 is 0 Å². The maximum atomic E-state index is 9.57. The quantitative estimate of drug-likeness (QED) is 0.582. The van der Waals surface area contributed by atoms with Gasteiger partial charge in [0.25, 0.3) is 0 Å². The van der Waals surface area contributed by atoms with Gasteiger partial charge in [0.2, 0.25) is 0 Å². The molecule has 2 heteroatoms. The van der Waals surface area contributed by atoms with Crippen LogP contribution >= 0.6 is 0 Å². The molecule has 0 heterocycles. The standard InChI is InChI=1S/C12H26O2/c1-4-5-9-14-10-8-12(13)7-6-11(2)3/h11-13H,4-10H2,1-3H3. The van der Waals surface area contributed by atoms with E-state index in [0.717, 1.165) is 32.3 Å². The average molecular weight is 202 g/mol. The highest BCUT2D eigenvalue weighted by molar-refractivity contribution is 4.57. The monoisotopic (exact) mass is 202 g/mol. The Morgan fingerprint density at radius 1 is 1.07 bits per heavy atom. The van der Waals surface area contributed by atoms with Gasteiger partial charge < -0.3 is 9.84 Å². The van der Waals surface area contributed by atoms with Crippen LogP contribution in [0.5, 0.6) is 0 Å². The van der Waals surface area contributed by atoms with Crippen molar-refractivity contribution in [3.63, 3.8) is 0 Å². The minimum Gasteiger partial charge on any atom is -0.393 e. The highest BCUT2D eigenvalue weighted by Crippen LogP contribution is 2.09. The third-order valence-corrected chi connectivity index (χ3v) is 2.31. The average Bonchev–Trinajstić information content (AvgIpc) is 2.14. The largest absolute Gasteiger partial charge is 0.393 e. The van der Waals surface area contributed by atoms with Crippen LogP contribution in [0.2, 0.25) is 0 Å². The summed E-state index contributed by atoms with van der Waals surface area (Å²) in [5.41, 5.74) is 0. The maximum absolute atomic E-state index is 9.57. The Bertz CT molecular complexity index is 113. The van der Waals surface area contributed by atoms with Crippen molar-refractivity contribution in [1.29, 1.82) is 0 Å². The van der Waals surface area contributed by atoms with E-state index in [9.17, 15) is 5.11 Å². The summed E-state index contributed by atoms with van der Waals surface area (Å²) < 4.78 is 5.39. The minimum atomic E-state index is -0.168. The SMILES string of the molecule is CCCCOCCC(O)CCC(C)C. The van der Waals surface area contributed by atoms with Gasteiger partial charge in [-0.25, -0.2) is 0 Å². The van der Waals surface area contributed by atoms with Crippen molar-refractivity contribution < 1.29 is 9.84 Å². The summed E-state index contributed by atoms with van der Waals surface area (Å²) in [4.78, 5) is 0. The molecule has 0 bridgehead atoms. The zero-order chi connectivity index (χ0) is 10.8. The van der Waals surface area contributed by atoms with E-state index in [0.29, 0.717) is 12.5 Å². The second kappa shape index (κ2) is 9.47. The zero-order valence-electron chi connectivity index (χ0n) is 9.96. The van der Waals surface area contributed by atoms with Gasteiger partial charge in [-0.3, -0.25) is 0 Å². The Balaban J connectivity index is 3.14. The molecule has 1 N–H and O–H groups in total. The molecule has 0 spiro atoms. The van der Waals surface area contributed by atoms with Crippen molar-refractivity contribution in [3.05, 3.63) is 0 Å². The third-order valence-electron chi connectivity index (χ3n) is 2.31. The van der Waals surface area contributed by atoms with E-state index in [4.69, 9.17) is 4.74 Å². The topological polar surface area (TPSA) is 29.5 Å². The Hall–Kier alpha value is -0.0800. The fraction of sp³-hybridized carbons (Fsp3) is 1.00. The Labute approximate surface area is 88.7 Å². The van der Waals surface area contributed by atoms with E-state index in [1.54, 1.807) is 0 Å². The van der Waals surface area contributed by atoms with E-state index < -0.39 is 0 Å². The van der Waals surface area contributed by atoms with E-state index in [-0.39, 0.29) is 6.10 Å². The first-order valence-corrected chi connectivity index (χ1v) is 5.92. The molecule has 0 aromatic heterocycles. The van der Waals surface area contributed by atoms with Crippen LogP contribution in [0.3, 0.4) is 0 Å². The fourth-order valence-electron chi connectivity index (χ4n) is 1.24. The summed E-state index contributed by atoms with van der Waals surface area (Å²) in [7, 11) is 0. The lowest BCUT2D eigenvalue weighted by Gasteiger charge is -2.11. The molecule has 14 heavy (non-hydrogen) atoms. The Morgan fingerprint density at radius 3 is 2.36 bits per heavy atom. The molecule has 0 aliphatic rings. The highest BCUT2D eigenvalue weighted by atomic mass is 16.5. The Kier molecular flexibility index (Phi) is 9.42. The maximum Gasteiger partial charge on any atom is 0.0562 e. The lowest BCUT2D eigenvalue weighted by atomic mass is 10.0. The summed E-state index contributed by atoms with van der Waals surface area (Å²) >= 11 is 0. The normalized spacial score (nSPS) is 13.5. The summed E-state index contributed by atoms with van der Waals surface area (Å²) in [6, 6.07) is 0.